The van der Waals surface area contributed by atoms with Crippen molar-refractivity contribution in [1.82, 2.24) is 0 Å². The van der Waals surface area contributed by atoms with Gasteiger partial charge in [0.1, 0.15) is 6.10 Å². The summed E-state index contributed by atoms with van der Waals surface area (Å²) in [5.74, 6) is 0.926. The normalized spacial score (nSPS) is 24.2. The first kappa shape index (κ1) is 13.2. The Balaban J connectivity index is 1.89. The van der Waals surface area contributed by atoms with Crippen LogP contribution in [-0.4, -0.2) is 33.3 Å². The van der Waals surface area contributed by atoms with Gasteiger partial charge in [-0.05, 0) is 17.7 Å². The molecule has 6 nitrogen and oxygen atoms in total. The fourth-order valence-corrected chi connectivity index (χ4v) is 2.67. The quantitative estimate of drug-likeness (QED) is 0.617. The highest BCUT2D eigenvalue weighted by Gasteiger charge is 2.42. The number of hydrogen-bond acceptors (Lipinski definition) is 6. The number of hydrogen-bond donors (Lipinski definition) is 0. The number of carbonyl (C=O) groups is 1. The van der Waals surface area contributed by atoms with E-state index in [2.05, 4.69) is 0 Å². The van der Waals surface area contributed by atoms with Crippen LogP contribution in [0.2, 0.25) is 0 Å². The molecule has 0 aromatic heterocycles. The molecule has 0 radical (unpaired) electrons. The van der Waals surface area contributed by atoms with Gasteiger partial charge < -0.3 is 23.7 Å². The zero-order valence-corrected chi connectivity index (χ0v) is 11.3. The molecule has 0 aliphatic carbocycles. The van der Waals surface area contributed by atoms with Gasteiger partial charge in [-0.25, -0.2) is 0 Å². The van der Waals surface area contributed by atoms with Gasteiger partial charge in [-0.1, -0.05) is 6.07 Å². The lowest BCUT2D eigenvalue weighted by atomic mass is 9.94. The van der Waals surface area contributed by atoms with Gasteiger partial charge in [-0.3, -0.25) is 4.79 Å². The van der Waals surface area contributed by atoms with E-state index in [-0.39, 0.29) is 25.1 Å². The number of carbonyl (C=O) groups excluding carboxylic acids is 1. The van der Waals surface area contributed by atoms with Crippen LogP contribution in [0.1, 0.15) is 18.1 Å². The molecule has 0 saturated carbocycles. The molecule has 0 bridgehead atoms. The first-order chi connectivity index (χ1) is 9.72. The lowest BCUT2D eigenvalue weighted by Gasteiger charge is -2.24. The second-order valence-corrected chi connectivity index (χ2v) is 4.73. The minimum Gasteiger partial charge on any atom is -0.457 e. The van der Waals surface area contributed by atoms with E-state index in [0.29, 0.717) is 11.5 Å². The van der Waals surface area contributed by atoms with Crippen molar-refractivity contribution < 1.29 is 28.5 Å². The Labute approximate surface area is 116 Å². The van der Waals surface area contributed by atoms with Crippen molar-refractivity contribution in [3.05, 3.63) is 23.8 Å². The van der Waals surface area contributed by atoms with Crippen LogP contribution in [0.4, 0.5) is 0 Å². The molecule has 2 heterocycles. The van der Waals surface area contributed by atoms with Crippen LogP contribution in [-0.2, 0) is 19.0 Å². The Bertz CT molecular complexity index is 510. The van der Waals surface area contributed by atoms with Gasteiger partial charge in [-0.2, -0.15) is 0 Å². The van der Waals surface area contributed by atoms with Gasteiger partial charge in [0.25, 0.3) is 0 Å². The Hall–Kier alpha value is -1.79. The molecule has 1 aromatic carbocycles. The van der Waals surface area contributed by atoms with E-state index < -0.39 is 12.4 Å². The molecule has 1 saturated heterocycles. The number of methoxy groups -OCH3 is 2. The largest absolute Gasteiger partial charge is 0.457 e. The number of esters is 1. The summed E-state index contributed by atoms with van der Waals surface area (Å²) in [7, 11) is 3.10. The summed E-state index contributed by atoms with van der Waals surface area (Å²) in [6, 6.07) is 5.52. The zero-order valence-electron chi connectivity index (χ0n) is 11.3. The lowest BCUT2D eigenvalue weighted by molar-refractivity contribution is -0.152. The second kappa shape index (κ2) is 5.30. The molecule has 3 rings (SSSR count). The molecule has 0 unspecified atom stereocenters. The van der Waals surface area contributed by atoms with E-state index in [9.17, 15) is 4.79 Å². The monoisotopic (exact) mass is 280 g/mol. The van der Waals surface area contributed by atoms with Crippen LogP contribution in [0.25, 0.3) is 0 Å². The van der Waals surface area contributed by atoms with Crippen LogP contribution in [0.15, 0.2) is 18.2 Å². The second-order valence-electron chi connectivity index (χ2n) is 4.73. The summed E-state index contributed by atoms with van der Waals surface area (Å²) in [6.07, 6.45) is -0.621. The van der Waals surface area contributed by atoms with Crippen LogP contribution in [0, 0.1) is 5.92 Å². The smallest absolute Gasteiger partial charge is 0.307 e. The SMILES string of the molecule is COC(OC)[C@@H]1CC(=O)O[C@@H]1c1ccc2c(c1)OCO2. The minimum atomic E-state index is -0.489. The molecule has 1 aromatic rings. The van der Waals surface area contributed by atoms with E-state index in [1.165, 1.54) is 0 Å². The molecular formula is C14H16O6. The first-order valence-electron chi connectivity index (χ1n) is 6.37. The van der Waals surface area contributed by atoms with Gasteiger partial charge in [0.2, 0.25) is 6.79 Å². The Kier molecular flexibility index (Phi) is 3.50. The van der Waals surface area contributed by atoms with Crippen molar-refractivity contribution in [2.75, 3.05) is 21.0 Å². The number of fused-ring (bicyclic) bond motifs is 1. The maximum absolute atomic E-state index is 11.6. The fraction of sp³-hybridized carbons (Fsp3) is 0.500. The third kappa shape index (κ3) is 2.21. The molecule has 2 aliphatic rings. The van der Waals surface area contributed by atoms with E-state index in [0.717, 1.165) is 5.56 Å². The summed E-state index contributed by atoms with van der Waals surface area (Å²) in [4.78, 5) is 11.6. The van der Waals surface area contributed by atoms with Crippen LogP contribution in [0.5, 0.6) is 11.5 Å². The molecule has 2 aliphatic heterocycles. The molecule has 0 spiro atoms. The standard InChI is InChI=1S/C14H16O6/c1-16-14(17-2)9-6-12(15)20-13(9)8-3-4-10-11(5-8)19-7-18-10/h3-5,9,13-14H,6-7H2,1-2H3/t9-,13-/m1/s1. The van der Waals surface area contributed by atoms with Crippen molar-refractivity contribution in [3.63, 3.8) is 0 Å². The molecule has 0 N–H and O–H groups in total. The number of ether oxygens (including phenoxy) is 5. The van der Waals surface area contributed by atoms with E-state index in [1.807, 2.05) is 18.2 Å². The predicted octanol–water partition coefficient (Wildman–Crippen LogP) is 1.64. The highest BCUT2D eigenvalue weighted by Crippen LogP contribution is 2.42. The van der Waals surface area contributed by atoms with Gasteiger partial charge in [-0.15, -0.1) is 0 Å². The van der Waals surface area contributed by atoms with Crippen molar-refractivity contribution in [1.29, 1.82) is 0 Å². The Morgan fingerprint density at radius 1 is 1.20 bits per heavy atom. The van der Waals surface area contributed by atoms with E-state index in [4.69, 9.17) is 23.7 Å². The number of cyclic esters (lactones) is 1. The van der Waals surface area contributed by atoms with Crippen LogP contribution < -0.4 is 9.47 Å². The van der Waals surface area contributed by atoms with Gasteiger partial charge in [0.15, 0.2) is 17.8 Å². The Morgan fingerprint density at radius 3 is 2.70 bits per heavy atom. The van der Waals surface area contributed by atoms with Gasteiger partial charge >= 0.3 is 5.97 Å². The minimum absolute atomic E-state index is 0.183. The van der Waals surface area contributed by atoms with Crippen LogP contribution in [0.3, 0.4) is 0 Å². The molecule has 6 heteroatoms. The molecule has 108 valence electrons. The zero-order chi connectivity index (χ0) is 14.1. The maximum Gasteiger partial charge on any atom is 0.307 e. The molecule has 1 fully saturated rings. The molecule has 0 amide bonds. The predicted molar refractivity (Wildman–Crippen MR) is 67.3 cm³/mol. The fourth-order valence-electron chi connectivity index (χ4n) is 2.67. The highest BCUT2D eigenvalue weighted by atomic mass is 16.7. The summed E-state index contributed by atoms with van der Waals surface area (Å²) >= 11 is 0. The van der Waals surface area contributed by atoms with Crippen molar-refractivity contribution in [2.45, 2.75) is 18.8 Å². The number of rotatable bonds is 4. The highest BCUT2D eigenvalue weighted by molar-refractivity contribution is 5.72. The maximum atomic E-state index is 11.6. The third-order valence-electron chi connectivity index (χ3n) is 3.59. The van der Waals surface area contributed by atoms with E-state index in [1.54, 1.807) is 14.2 Å². The third-order valence-corrected chi connectivity index (χ3v) is 3.59. The molecular weight excluding hydrogens is 264 g/mol. The number of benzene rings is 1. The van der Waals surface area contributed by atoms with Crippen molar-refractivity contribution in [3.8, 4) is 11.5 Å². The average molecular weight is 280 g/mol. The van der Waals surface area contributed by atoms with E-state index >= 15 is 0 Å². The van der Waals surface area contributed by atoms with Crippen LogP contribution >= 0.6 is 0 Å². The lowest BCUT2D eigenvalue weighted by Crippen LogP contribution is -2.27. The van der Waals surface area contributed by atoms with Gasteiger partial charge in [0.05, 0.1) is 12.3 Å². The Morgan fingerprint density at radius 2 is 1.95 bits per heavy atom. The van der Waals surface area contributed by atoms with Gasteiger partial charge in [0, 0.05) is 14.2 Å². The topological polar surface area (TPSA) is 63.2 Å². The van der Waals surface area contributed by atoms with Crippen molar-refractivity contribution in [2.24, 2.45) is 5.92 Å². The molecule has 20 heavy (non-hydrogen) atoms. The first-order valence-corrected chi connectivity index (χ1v) is 6.37. The summed E-state index contributed by atoms with van der Waals surface area (Å²) in [6.45, 7) is 0.214. The van der Waals surface area contributed by atoms with Crippen molar-refractivity contribution >= 4 is 5.97 Å². The summed E-state index contributed by atoms with van der Waals surface area (Å²) < 4.78 is 26.6. The average Bonchev–Trinajstić information content (AvgIpc) is 3.06. The summed E-state index contributed by atoms with van der Waals surface area (Å²) in [5.41, 5.74) is 0.851. The summed E-state index contributed by atoms with van der Waals surface area (Å²) in [5, 5.41) is 0. The molecule has 2 atom stereocenters.